The number of nitrogens with one attached hydrogen (secondary N) is 2. The van der Waals surface area contributed by atoms with E-state index in [1.165, 1.54) is 11.8 Å². The van der Waals surface area contributed by atoms with Crippen LogP contribution in [0.3, 0.4) is 0 Å². The molecule has 1 aromatic carbocycles. The van der Waals surface area contributed by atoms with Gasteiger partial charge in [0, 0.05) is 12.2 Å². The summed E-state index contributed by atoms with van der Waals surface area (Å²) in [5, 5.41) is 6.77. The second kappa shape index (κ2) is 7.91. The van der Waals surface area contributed by atoms with Gasteiger partial charge in [-0.3, -0.25) is 9.79 Å². The molecule has 0 saturated heterocycles. The number of amides is 1. The number of hydrogen-bond acceptors (Lipinski definition) is 5. The Morgan fingerprint density at radius 2 is 2.21 bits per heavy atom. The summed E-state index contributed by atoms with van der Waals surface area (Å²) in [7, 11) is 1.61. The standard InChI is InChI=1S/C12H15N3O2S.ClH/c1-17-10-4-2-9(3-5-10)15-11(16)8-18-12-13-6-7-14-12;/h2-5H,6-8H2,1H3,(H,13,14)(H,15,16);1H/p-1. The number of rotatable bonds is 4. The molecule has 0 aliphatic carbocycles. The quantitative estimate of drug-likeness (QED) is 0.698. The van der Waals surface area contributed by atoms with Crippen molar-refractivity contribution in [2.45, 2.75) is 0 Å². The van der Waals surface area contributed by atoms with Gasteiger partial charge in [-0.15, -0.1) is 0 Å². The SMILES string of the molecule is COc1ccc(NC(=O)CSC2=NCCN2)cc1.[Cl-]. The third-order valence-electron chi connectivity index (χ3n) is 2.36. The van der Waals surface area contributed by atoms with Crippen LogP contribution in [0.15, 0.2) is 29.3 Å². The average Bonchev–Trinajstić information content (AvgIpc) is 2.90. The van der Waals surface area contributed by atoms with Gasteiger partial charge >= 0.3 is 0 Å². The van der Waals surface area contributed by atoms with Gasteiger partial charge in [-0.2, -0.15) is 0 Å². The number of hydrogen-bond donors (Lipinski definition) is 2. The Bertz CT molecular complexity index is 451. The summed E-state index contributed by atoms with van der Waals surface area (Å²) in [6.07, 6.45) is 0. The summed E-state index contributed by atoms with van der Waals surface area (Å²) in [5.74, 6) is 1.09. The number of carbonyl (C=O) groups is 1. The fourth-order valence-corrected chi connectivity index (χ4v) is 2.20. The van der Waals surface area contributed by atoms with Gasteiger partial charge in [0.15, 0.2) is 5.17 Å². The summed E-state index contributed by atoms with van der Waals surface area (Å²) in [5.41, 5.74) is 0.766. The molecular weight excluding hydrogens is 286 g/mol. The molecule has 104 valence electrons. The van der Waals surface area contributed by atoms with Gasteiger partial charge in [-0.05, 0) is 24.3 Å². The van der Waals surface area contributed by atoms with Crippen LogP contribution in [-0.4, -0.2) is 37.0 Å². The maximum absolute atomic E-state index is 11.7. The van der Waals surface area contributed by atoms with Crippen LogP contribution in [0.2, 0.25) is 0 Å². The highest BCUT2D eigenvalue weighted by Gasteiger charge is 2.09. The first kappa shape index (κ1) is 15.7. The van der Waals surface area contributed by atoms with Gasteiger partial charge in [-0.1, -0.05) is 11.8 Å². The number of carbonyl (C=O) groups excluding carboxylic acids is 1. The molecule has 19 heavy (non-hydrogen) atoms. The van der Waals surface area contributed by atoms with E-state index in [1.807, 2.05) is 24.3 Å². The number of ether oxygens (including phenoxy) is 1. The van der Waals surface area contributed by atoms with Crippen molar-refractivity contribution in [1.82, 2.24) is 5.32 Å². The Hall–Kier alpha value is -1.40. The molecule has 0 unspecified atom stereocenters. The van der Waals surface area contributed by atoms with Gasteiger partial charge in [0.05, 0.1) is 19.4 Å². The summed E-state index contributed by atoms with van der Waals surface area (Å²) in [6.45, 7) is 1.66. The lowest BCUT2D eigenvalue weighted by Gasteiger charge is -2.06. The molecule has 2 rings (SSSR count). The third kappa shape index (κ3) is 5.00. The van der Waals surface area contributed by atoms with Crippen LogP contribution >= 0.6 is 11.8 Å². The van der Waals surface area contributed by atoms with Crippen molar-refractivity contribution in [3.8, 4) is 5.75 Å². The highest BCUT2D eigenvalue weighted by atomic mass is 35.5. The Kier molecular flexibility index (Phi) is 6.52. The number of thioether (sulfide) groups is 1. The lowest BCUT2D eigenvalue weighted by molar-refractivity contribution is -0.113. The normalized spacial score (nSPS) is 13.0. The first-order chi connectivity index (χ1) is 8.78. The predicted octanol–water partition coefficient (Wildman–Crippen LogP) is -1.67. The molecule has 0 radical (unpaired) electrons. The largest absolute Gasteiger partial charge is 1.00 e. The van der Waals surface area contributed by atoms with Gasteiger partial charge in [0.1, 0.15) is 5.75 Å². The van der Waals surface area contributed by atoms with E-state index in [4.69, 9.17) is 4.74 Å². The molecule has 1 aromatic rings. The molecule has 1 aliphatic heterocycles. The van der Waals surface area contributed by atoms with Crippen molar-refractivity contribution in [3.05, 3.63) is 24.3 Å². The van der Waals surface area contributed by atoms with Gasteiger partial charge in [0.25, 0.3) is 0 Å². The van der Waals surface area contributed by atoms with E-state index in [1.54, 1.807) is 7.11 Å². The first-order valence-electron chi connectivity index (χ1n) is 5.63. The summed E-state index contributed by atoms with van der Waals surface area (Å²) in [6, 6.07) is 7.25. The number of methoxy groups -OCH3 is 1. The first-order valence-corrected chi connectivity index (χ1v) is 6.61. The van der Waals surface area contributed by atoms with Crippen molar-refractivity contribution in [2.75, 3.05) is 31.3 Å². The Morgan fingerprint density at radius 3 is 2.79 bits per heavy atom. The van der Waals surface area contributed by atoms with Crippen LogP contribution in [0.4, 0.5) is 5.69 Å². The van der Waals surface area contributed by atoms with Crippen molar-refractivity contribution in [1.29, 1.82) is 0 Å². The number of nitrogens with zero attached hydrogens (tertiary/aromatic N) is 1. The zero-order valence-corrected chi connectivity index (χ0v) is 12.1. The highest BCUT2D eigenvalue weighted by molar-refractivity contribution is 8.14. The van der Waals surface area contributed by atoms with E-state index in [2.05, 4.69) is 15.6 Å². The molecule has 2 N–H and O–H groups in total. The van der Waals surface area contributed by atoms with E-state index < -0.39 is 0 Å². The van der Waals surface area contributed by atoms with E-state index in [-0.39, 0.29) is 18.3 Å². The Balaban J connectivity index is 0.00000180. The second-order valence-electron chi connectivity index (χ2n) is 3.68. The van der Waals surface area contributed by atoms with E-state index >= 15 is 0 Å². The third-order valence-corrected chi connectivity index (χ3v) is 3.31. The zero-order chi connectivity index (χ0) is 12.8. The van der Waals surface area contributed by atoms with Crippen molar-refractivity contribution >= 4 is 28.5 Å². The predicted molar refractivity (Wildman–Crippen MR) is 74.4 cm³/mol. The topological polar surface area (TPSA) is 62.7 Å². The molecule has 0 atom stereocenters. The molecule has 7 heteroatoms. The monoisotopic (exact) mass is 300 g/mol. The van der Waals surface area contributed by atoms with Crippen molar-refractivity contribution in [3.63, 3.8) is 0 Å². The second-order valence-corrected chi connectivity index (χ2v) is 4.64. The minimum Gasteiger partial charge on any atom is -1.00 e. The van der Waals surface area contributed by atoms with Gasteiger partial charge in [0.2, 0.25) is 5.91 Å². The number of anilines is 1. The molecule has 0 bridgehead atoms. The lowest BCUT2D eigenvalue weighted by atomic mass is 10.3. The average molecular weight is 301 g/mol. The van der Waals surface area contributed by atoms with Crippen LogP contribution < -0.4 is 27.8 Å². The number of aliphatic imine (C=N–C) groups is 1. The summed E-state index contributed by atoms with van der Waals surface area (Å²) < 4.78 is 5.05. The Morgan fingerprint density at radius 1 is 1.47 bits per heavy atom. The van der Waals surface area contributed by atoms with Crippen LogP contribution in [0.5, 0.6) is 5.75 Å². The fraction of sp³-hybridized carbons (Fsp3) is 0.333. The summed E-state index contributed by atoms with van der Waals surface area (Å²) >= 11 is 1.42. The molecule has 5 nitrogen and oxygen atoms in total. The number of amidine groups is 1. The minimum atomic E-state index is -0.0402. The minimum absolute atomic E-state index is 0. The van der Waals surface area contributed by atoms with Crippen LogP contribution in [0.25, 0.3) is 0 Å². The molecular formula is C12H15ClN3O2S-. The fourth-order valence-electron chi connectivity index (χ4n) is 1.48. The summed E-state index contributed by atoms with van der Waals surface area (Å²) in [4.78, 5) is 15.9. The number of benzene rings is 1. The lowest BCUT2D eigenvalue weighted by Crippen LogP contribution is -3.00. The van der Waals surface area contributed by atoms with Crippen LogP contribution in [0, 0.1) is 0 Å². The van der Waals surface area contributed by atoms with Crippen LogP contribution in [0.1, 0.15) is 0 Å². The van der Waals surface area contributed by atoms with Crippen LogP contribution in [-0.2, 0) is 4.79 Å². The molecule has 0 aromatic heterocycles. The van der Waals surface area contributed by atoms with Gasteiger partial charge in [-0.25, -0.2) is 0 Å². The molecule has 0 saturated carbocycles. The van der Waals surface area contributed by atoms with E-state index in [0.29, 0.717) is 5.75 Å². The maximum atomic E-state index is 11.7. The maximum Gasteiger partial charge on any atom is 0.234 e. The van der Waals surface area contributed by atoms with E-state index in [0.717, 1.165) is 29.7 Å². The Labute approximate surface area is 122 Å². The zero-order valence-electron chi connectivity index (χ0n) is 10.5. The smallest absolute Gasteiger partial charge is 0.234 e. The van der Waals surface area contributed by atoms with E-state index in [9.17, 15) is 4.79 Å². The number of halogens is 1. The molecule has 1 amide bonds. The van der Waals surface area contributed by atoms with Crippen molar-refractivity contribution < 1.29 is 21.9 Å². The van der Waals surface area contributed by atoms with Crippen molar-refractivity contribution in [2.24, 2.45) is 4.99 Å². The highest BCUT2D eigenvalue weighted by Crippen LogP contribution is 2.15. The van der Waals surface area contributed by atoms with Gasteiger partial charge < -0.3 is 27.8 Å². The molecule has 1 aliphatic rings. The molecule has 1 heterocycles. The molecule has 0 spiro atoms. The molecule has 0 fully saturated rings.